The van der Waals surface area contributed by atoms with Crippen molar-refractivity contribution in [1.29, 1.82) is 0 Å². The molecule has 1 N–H and O–H groups in total. The van der Waals surface area contributed by atoms with Crippen LogP contribution in [0.2, 0.25) is 0 Å². The average molecular weight is 523 g/mol. The summed E-state index contributed by atoms with van der Waals surface area (Å²) in [5, 5.41) is 9.70. The van der Waals surface area contributed by atoms with Crippen LogP contribution in [0, 0.1) is 5.82 Å². The number of nitrogens with zero attached hydrogens (tertiary/aromatic N) is 2. The molecular weight excluding hydrogens is 487 g/mol. The minimum absolute atomic E-state index is 0.0677. The predicted molar refractivity (Wildman–Crippen MR) is 144 cm³/mol. The zero-order valence-electron chi connectivity index (χ0n) is 22.3. The molecule has 0 aliphatic heterocycles. The number of hydrogen-bond acceptors (Lipinski definition) is 4. The molecule has 7 nitrogen and oxygen atoms in total. The van der Waals surface area contributed by atoms with Crippen LogP contribution in [0.25, 0.3) is 0 Å². The maximum atomic E-state index is 13.3. The van der Waals surface area contributed by atoms with Gasteiger partial charge in [-0.3, -0.25) is 4.79 Å². The second-order valence-electron chi connectivity index (χ2n) is 9.98. The molecule has 0 unspecified atom stereocenters. The summed E-state index contributed by atoms with van der Waals surface area (Å²) in [5.74, 6) is 0.543. The molecule has 2 amide bonds. The molecule has 0 spiro atoms. The monoisotopic (exact) mass is 522 g/mol. The summed E-state index contributed by atoms with van der Waals surface area (Å²) >= 11 is 0. The summed E-state index contributed by atoms with van der Waals surface area (Å²) in [5.41, 5.74) is 1.88. The Morgan fingerprint density at radius 1 is 0.868 bits per heavy atom. The van der Waals surface area contributed by atoms with Gasteiger partial charge in [0, 0.05) is 25.2 Å². The minimum Gasteiger partial charge on any atom is -0.493 e. The van der Waals surface area contributed by atoms with E-state index < -0.39 is 11.6 Å². The van der Waals surface area contributed by atoms with Gasteiger partial charge in [-0.25, -0.2) is 9.18 Å². The maximum absolute atomic E-state index is 13.3. The van der Waals surface area contributed by atoms with Crippen LogP contribution in [0.1, 0.15) is 37.5 Å². The van der Waals surface area contributed by atoms with Crippen molar-refractivity contribution >= 4 is 12.0 Å². The standard InChI is InChI=1S/C30H35FN2O5/c1-30(2,3)33(29(35)36)17-16-32(28(34)19-22-10-13-25(31)14-11-22)20-24-12-15-26(27(18-24)37-4)38-21-23-8-6-5-7-9-23/h5-15,18H,16-17,19-21H2,1-4H3,(H,35,36). The van der Waals surface area contributed by atoms with Crippen LogP contribution < -0.4 is 9.47 Å². The first-order chi connectivity index (χ1) is 18.1. The fourth-order valence-electron chi connectivity index (χ4n) is 4.00. The van der Waals surface area contributed by atoms with Gasteiger partial charge in [-0.1, -0.05) is 48.5 Å². The molecule has 0 aliphatic rings. The lowest BCUT2D eigenvalue weighted by Gasteiger charge is -2.35. The van der Waals surface area contributed by atoms with E-state index in [-0.39, 0.29) is 37.8 Å². The largest absolute Gasteiger partial charge is 0.493 e. The van der Waals surface area contributed by atoms with Crippen molar-refractivity contribution in [2.75, 3.05) is 20.2 Å². The highest BCUT2D eigenvalue weighted by Gasteiger charge is 2.27. The van der Waals surface area contributed by atoms with E-state index in [1.54, 1.807) is 30.2 Å². The molecule has 0 saturated heterocycles. The van der Waals surface area contributed by atoms with Gasteiger partial charge in [0.15, 0.2) is 11.5 Å². The third-order valence-corrected chi connectivity index (χ3v) is 6.09. The normalized spacial score (nSPS) is 11.1. The van der Waals surface area contributed by atoms with Gasteiger partial charge in [0.1, 0.15) is 12.4 Å². The highest BCUT2D eigenvalue weighted by atomic mass is 19.1. The molecule has 3 aromatic carbocycles. The van der Waals surface area contributed by atoms with Crippen molar-refractivity contribution < 1.29 is 28.6 Å². The van der Waals surface area contributed by atoms with E-state index in [1.807, 2.05) is 63.2 Å². The number of carboxylic acid groups (broad SMARTS) is 1. The second kappa shape index (κ2) is 12.9. The number of ether oxygens (including phenoxy) is 2. The summed E-state index contributed by atoms with van der Waals surface area (Å²) in [6, 6.07) is 21.1. The van der Waals surface area contributed by atoms with Gasteiger partial charge in [-0.05, 0) is 61.7 Å². The van der Waals surface area contributed by atoms with Crippen LogP contribution >= 0.6 is 0 Å². The molecular formula is C30H35FN2O5. The van der Waals surface area contributed by atoms with Gasteiger partial charge in [-0.15, -0.1) is 0 Å². The molecule has 202 valence electrons. The molecule has 8 heteroatoms. The van der Waals surface area contributed by atoms with Crippen LogP contribution in [0.4, 0.5) is 9.18 Å². The van der Waals surface area contributed by atoms with E-state index in [9.17, 15) is 19.1 Å². The molecule has 0 aromatic heterocycles. The molecule has 38 heavy (non-hydrogen) atoms. The molecule has 0 atom stereocenters. The first kappa shape index (κ1) is 28.5. The predicted octanol–water partition coefficient (Wildman–Crippen LogP) is 5.76. The molecule has 0 heterocycles. The number of halogens is 1. The third-order valence-electron chi connectivity index (χ3n) is 6.09. The zero-order chi connectivity index (χ0) is 27.7. The Hall–Kier alpha value is -4.07. The zero-order valence-corrected chi connectivity index (χ0v) is 22.3. The lowest BCUT2D eigenvalue weighted by atomic mass is 10.1. The number of carbonyl (C=O) groups excluding carboxylic acids is 1. The molecule has 0 saturated carbocycles. The highest BCUT2D eigenvalue weighted by Crippen LogP contribution is 2.29. The van der Waals surface area contributed by atoms with E-state index in [4.69, 9.17) is 9.47 Å². The lowest BCUT2D eigenvalue weighted by molar-refractivity contribution is -0.131. The topological polar surface area (TPSA) is 79.3 Å². The molecule has 0 bridgehead atoms. The highest BCUT2D eigenvalue weighted by molar-refractivity contribution is 5.79. The van der Waals surface area contributed by atoms with Crippen LogP contribution in [0.3, 0.4) is 0 Å². The van der Waals surface area contributed by atoms with Gasteiger partial charge in [-0.2, -0.15) is 0 Å². The third kappa shape index (κ3) is 8.23. The summed E-state index contributed by atoms with van der Waals surface area (Å²) in [6.45, 7) is 6.39. The Morgan fingerprint density at radius 3 is 2.13 bits per heavy atom. The van der Waals surface area contributed by atoms with E-state index in [1.165, 1.54) is 17.0 Å². The van der Waals surface area contributed by atoms with Gasteiger partial charge < -0.3 is 24.4 Å². The Balaban J connectivity index is 1.78. The minimum atomic E-state index is -1.05. The second-order valence-corrected chi connectivity index (χ2v) is 9.98. The van der Waals surface area contributed by atoms with E-state index in [0.717, 1.165) is 11.1 Å². The van der Waals surface area contributed by atoms with Crippen molar-refractivity contribution in [2.24, 2.45) is 0 Å². The van der Waals surface area contributed by atoms with Gasteiger partial charge in [0.25, 0.3) is 0 Å². The number of rotatable bonds is 11. The number of hydrogen-bond donors (Lipinski definition) is 1. The van der Waals surface area contributed by atoms with E-state index in [2.05, 4.69) is 0 Å². The fraction of sp³-hybridized carbons (Fsp3) is 0.333. The smallest absolute Gasteiger partial charge is 0.407 e. The fourth-order valence-corrected chi connectivity index (χ4v) is 4.00. The Bertz CT molecular complexity index is 1210. The van der Waals surface area contributed by atoms with Crippen LogP contribution in [0.15, 0.2) is 72.8 Å². The lowest BCUT2D eigenvalue weighted by Crippen LogP contribution is -2.49. The van der Waals surface area contributed by atoms with E-state index in [0.29, 0.717) is 23.7 Å². The first-order valence-electron chi connectivity index (χ1n) is 12.4. The molecule has 3 rings (SSSR count). The van der Waals surface area contributed by atoms with Crippen molar-refractivity contribution in [2.45, 2.75) is 45.9 Å². The number of amides is 2. The van der Waals surface area contributed by atoms with Crippen molar-refractivity contribution in [3.05, 3.63) is 95.3 Å². The number of benzene rings is 3. The van der Waals surface area contributed by atoms with Crippen molar-refractivity contribution in [1.82, 2.24) is 9.80 Å². The number of carbonyl (C=O) groups is 2. The quantitative estimate of drug-likeness (QED) is 0.346. The Kier molecular flexibility index (Phi) is 9.71. The molecule has 0 radical (unpaired) electrons. The van der Waals surface area contributed by atoms with Crippen molar-refractivity contribution in [3.8, 4) is 11.5 Å². The maximum Gasteiger partial charge on any atom is 0.407 e. The van der Waals surface area contributed by atoms with Gasteiger partial charge in [0.05, 0.1) is 13.5 Å². The molecule has 3 aromatic rings. The summed E-state index contributed by atoms with van der Waals surface area (Å²) in [6.07, 6.45) is -0.983. The SMILES string of the molecule is COc1cc(CN(CCN(C(=O)O)C(C)(C)C)C(=O)Cc2ccc(F)cc2)ccc1OCc1ccccc1. The molecule has 0 fully saturated rings. The summed E-state index contributed by atoms with van der Waals surface area (Å²) < 4.78 is 24.8. The van der Waals surface area contributed by atoms with Gasteiger partial charge in [0.2, 0.25) is 5.91 Å². The number of methoxy groups -OCH3 is 1. The average Bonchev–Trinajstić information content (AvgIpc) is 2.88. The van der Waals surface area contributed by atoms with Crippen molar-refractivity contribution in [3.63, 3.8) is 0 Å². The van der Waals surface area contributed by atoms with Crippen LogP contribution in [0.5, 0.6) is 11.5 Å². The Morgan fingerprint density at radius 2 is 1.53 bits per heavy atom. The van der Waals surface area contributed by atoms with Gasteiger partial charge >= 0.3 is 6.09 Å². The summed E-state index contributed by atoms with van der Waals surface area (Å²) in [4.78, 5) is 28.1. The van der Waals surface area contributed by atoms with Crippen LogP contribution in [-0.2, 0) is 24.4 Å². The van der Waals surface area contributed by atoms with Crippen LogP contribution in [-0.4, -0.2) is 52.6 Å². The summed E-state index contributed by atoms with van der Waals surface area (Å²) in [7, 11) is 1.56. The van der Waals surface area contributed by atoms with E-state index >= 15 is 0 Å². The Labute approximate surface area is 223 Å². The first-order valence-corrected chi connectivity index (χ1v) is 12.4. The molecule has 0 aliphatic carbocycles.